The highest BCUT2D eigenvalue weighted by atomic mass is 32.2. The molecule has 1 aliphatic heterocycles. The lowest BCUT2D eigenvalue weighted by atomic mass is 9.93. The number of rotatable bonds is 7. The largest absolute Gasteiger partial charge is 0.313 e. The van der Waals surface area contributed by atoms with Crippen LogP contribution in [0.1, 0.15) is 33.1 Å². The van der Waals surface area contributed by atoms with E-state index in [9.17, 15) is 8.42 Å². The minimum atomic E-state index is -3.18. The maximum Gasteiger partial charge on any atom is 0.213 e. The third-order valence-electron chi connectivity index (χ3n) is 3.35. The Morgan fingerprint density at radius 3 is 2.53 bits per heavy atom. The van der Waals surface area contributed by atoms with Gasteiger partial charge in [-0.2, -0.15) is 0 Å². The maximum absolute atomic E-state index is 12.1. The van der Waals surface area contributed by atoms with Gasteiger partial charge in [0, 0.05) is 19.1 Å². The summed E-state index contributed by atoms with van der Waals surface area (Å²) in [4.78, 5) is 2.08. The highest BCUT2D eigenvalue weighted by Crippen LogP contribution is 2.15. The lowest BCUT2D eigenvalue weighted by Gasteiger charge is -2.29. The molecule has 114 valence electrons. The van der Waals surface area contributed by atoms with E-state index in [1.807, 2.05) is 14.1 Å². The summed E-state index contributed by atoms with van der Waals surface area (Å²) in [5.74, 6) is 0.199. The Kier molecular flexibility index (Phi) is 6.23. The molecule has 19 heavy (non-hydrogen) atoms. The first-order valence-corrected chi connectivity index (χ1v) is 8.71. The van der Waals surface area contributed by atoms with Gasteiger partial charge in [0.25, 0.3) is 0 Å². The topological polar surface area (TPSA) is 61.4 Å². The molecular weight excluding hydrogens is 262 g/mol. The zero-order valence-electron chi connectivity index (χ0n) is 12.7. The van der Waals surface area contributed by atoms with Crippen LogP contribution in [0.25, 0.3) is 0 Å². The first-order valence-electron chi connectivity index (χ1n) is 7.06. The Hall–Kier alpha value is -0.170. The van der Waals surface area contributed by atoms with Crippen LogP contribution in [-0.4, -0.2) is 58.8 Å². The lowest BCUT2D eigenvalue weighted by molar-refractivity contribution is 0.242. The molecule has 0 spiro atoms. The first kappa shape index (κ1) is 16.9. The third-order valence-corrected chi connectivity index (χ3v) is 4.77. The van der Waals surface area contributed by atoms with Gasteiger partial charge >= 0.3 is 0 Å². The second-order valence-electron chi connectivity index (χ2n) is 6.65. The third kappa shape index (κ3) is 7.25. The minimum Gasteiger partial charge on any atom is -0.313 e. The van der Waals surface area contributed by atoms with Crippen molar-refractivity contribution in [1.29, 1.82) is 0 Å². The molecule has 6 heteroatoms. The minimum absolute atomic E-state index is 0.0590. The summed E-state index contributed by atoms with van der Waals surface area (Å²) in [5.41, 5.74) is -0.0590. The lowest BCUT2D eigenvalue weighted by Crippen LogP contribution is -2.45. The molecule has 1 heterocycles. The van der Waals surface area contributed by atoms with Gasteiger partial charge in [-0.05, 0) is 38.9 Å². The molecular formula is C13H29N3O2S. The molecule has 0 aliphatic carbocycles. The predicted molar refractivity (Wildman–Crippen MR) is 79.8 cm³/mol. The number of sulfonamides is 1. The van der Waals surface area contributed by atoms with Crippen LogP contribution in [0, 0.1) is 5.41 Å². The van der Waals surface area contributed by atoms with Gasteiger partial charge in [0.1, 0.15) is 0 Å². The fourth-order valence-corrected chi connectivity index (χ4v) is 4.15. The number of nitrogens with one attached hydrogen (secondary N) is 2. The van der Waals surface area contributed by atoms with Crippen molar-refractivity contribution >= 4 is 10.0 Å². The standard InChI is InChI=1S/C13H29N3O2S/c1-13(2,11-16(3)4)10-15-19(17,18)9-12-7-5-6-8-14-12/h12,14-15H,5-11H2,1-4H3. The van der Waals surface area contributed by atoms with Crippen molar-refractivity contribution in [2.75, 3.05) is 39.5 Å². The van der Waals surface area contributed by atoms with Crippen LogP contribution in [0.3, 0.4) is 0 Å². The summed E-state index contributed by atoms with van der Waals surface area (Å²) in [7, 11) is 0.823. The highest BCUT2D eigenvalue weighted by molar-refractivity contribution is 7.89. The molecule has 1 atom stereocenters. The first-order chi connectivity index (χ1) is 8.70. The highest BCUT2D eigenvalue weighted by Gasteiger charge is 2.25. The van der Waals surface area contributed by atoms with E-state index >= 15 is 0 Å². The van der Waals surface area contributed by atoms with Gasteiger partial charge in [-0.25, -0.2) is 13.1 Å². The molecule has 1 rings (SSSR count). The van der Waals surface area contributed by atoms with E-state index in [0.29, 0.717) is 6.54 Å². The summed E-state index contributed by atoms with van der Waals surface area (Å²) < 4.78 is 26.9. The predicted octanol–water partition coefficient (Wildman–Crippen LogP) is 0.636. The summed E-state index contributed by atoms with van der Waals surface area (Å²) >= 11 is 0. The van der Waals surface area contributed by atoms with Gasteiger partial charge in [0.15, 0.2) is 0 Å². The van der Waals surface area contributed by atoms with Crippen molar-refractivity contribution in [2.24, 2.45) is 5.41 Å². The molecule has 2 N–H and O–H groups in total. The van der Waals surface area contributed by atoms with E-state index in [-0.39, 0.29) is 17.2 Å². The maximum atomic E-state index is 12.1. The van der Waals surface area contributed by atoms with Crippen molar-refractivity contribution in [3.05, 3.63) is 0 Å². The van der Waals surface area contributed by atoms with E-state index in [1.54, 1.807) is 0 Å². The molecule has 1 fully saturated rings. The van der Waals surface area contributed by atoms with Crippen molar-refractivity contribution in [2.45, 2.75) is 39.2 Å². The molecule has 1 saturated heterocycles. The summed E-state index contributed by atoms with van der Waals surface area (Å²) in [6.07, 6.45) is 3.24. The Morgan fingerprint density at radius 1 is 1.32 bits per heavy atom. The van der Waals surface area contributed by atoms with Crippen molar-refractivity contribution in [3.8, 4) is 0 Å². The molecule has 0 bridgehead atoms. The van der Waals surface area contributed by atoms with Gasteiger partial charge in [0.2, 0.25) is 10.0 Å². The Balaban J connectivity index is 2.41. The monoisotopic (exact) mass is 291 g/mol. The number of hydrogen-bond donors (Lipinski definition) is 2. The fourth-order valence-electron chi connectivity index (χ4n) is 2.61. The van der Waals surface area contributed by atoms with Gasteiger partial charge in [-0.15, -0.1) is 0 Å². The van der Waals surface area contributed by atoms with Gasteiger partial charge < -0.3 is 10.2 Å². The summed E-state index contributed by atoms with van der Waals surface area (Å²) in [5, 5.41) is 3.28. The van der Waals surface area contributed by atoms with Crippen LogP contribution in [0.5, 0.6) is 0 Å². The summed E-state index contributed by atoms with van der Waals surface area (Å²) in [6, 6.07) is 0.114. The molecule has 0 aromatic heterocycles. The SMILES string of the molecule is CN(C)CC(C)(C)CNS(=O)(=O)CC1CCCCN1. The zero-order valence-corrected chi connectivity index (χ0v) is 13.5. The van der Waals surface area contributed by atoms with Crippen LogP contribution in [0.4, 0.5) is 0 Å². The smallest absolute Gasteiger partial charge is 0.213 e. The molecule has 1 aliphatic rings. The van der Waals surface area contributed by atoms with Crippen molar-refractivity contribution in [1.82, 2.24) is 14.9 Å². The molecule has 5 nitrogen and oxygen atoms in total. The second kappa shape index (κ2) is 7.02. The van der Waals surface area contributed by atoms with Gasteiger partial charge in [0.05, 0.1) is 5.75 Å². The van der Waals surface area contributed by atoms with Crippen LogP contribution >= 0.6 is 0 Å². The Morgan fingerprint density at radius 2 is 2.00 bits per heavy atom. The van der Waals surface area contributed by atoms with Crippen LogP contribution in [-0.2, 0) is 10.0 Å². The Bertz CT molecular complexity index is 360. The van der Waals surface area contributed by atoms with E-state index in [1.165, 1.54) is 0 Å². The van der Waals surface area contributed by atoms with Gasteiger partial charge in [-0.1, -0.05) is 20.3 Å². The van der Waals surface area contributed by atoms with Crippen molar-refractivity contribution in [3.63, 3.8) is 0 Å². The van der Waals surface area contributed by atoms with E-state index in [4.69, 9.17) is 0 Å². The average molecular weight is 291 g/mol. The van der Waals surface area contributed by atoms with Crippen LogP contribution in [0.2, 0.25) is 0 Å². The molecule has 0 radical (unpaired) electrons. The van der Waals surface area contributed by atoms with Crippen molar-refractivity contribution < 1.29 is 8.42 Å². The fraction of sp³-hybridized carbons (Fsp3) is 1.00. The zero-order chi connectivity index (χ0) is 14.5. The molecule has 0 aromatic carbocycles. The number of hydrogen-bond acceptors (Lipinski definition) is 4. The van der Waals surface area contributed by atoms with E-state index in [0.717, 1.165) is 32.4 Å². The number of piperidine rings is 1. The molecule has 1 unspecified atom stereocenters. The average Bonchev–Trinajstić information content (AvgIpc) is 2.26. The van der Waals surface area contributed by atoms with E-state index < -0.39 is 10.0 Å². The quantitative estimate of drug-likeness (QED) is 0.722. The van der Waals surface area contributed by atoms with Crippen LogP contribution < -0.4 is 10.0 Å². The summed E-state index contributed by atoms with van der Waals surface area (Å²) in [6.45, 7) is 6.44. The second-order valence-corrected chi connectivity index (χ2v) is 8.50. The Labute approximate surface area is 118 Å². The number of nitrogens with zero attached hydrogens (tertiary/aromatic N) is 1. The molecule has 0 aromatic rings. The van der Waals surface area contributed by atoms with Crippen LogP contribution in [0.15, 0.2) is 0 Å². The molecule has 0 amide bonds. The van der Waals surface area contributed by atoms with E-state index in [2.05, 4.69) is 28.8 Å². The normalized spacial score (nSPS) is 21.8. The molecule has 0 saturated carbocycles. The van der Waals surface area contributed by atoms with Gasteiger partial charge in [-0.3, -0.25) is 0 Å².